The lowest BCUT2D eigenvalue weighted by Crippen LogP contribution is -2.34. The standard InChI is InChI=1S/C10H19NO4S/c1-7(12)15-5-4-10(2,3)16-6-8(11)9(13)14/h8H,4-6,11H2,1-3H3,(H,13,14)/t8-/m0/s1. The third-order valence-corrected chi connectivity index (χ3v) is 3.49. The molecule has 0 aromatic heterocycles. The van der Waals surface area contributed by atoms with Crippen molar-refractivity contribution < 1.29 is 19.4 Å². The number of nitrogens with two attached hydrogens (primary N) is 1. The molecule has 1 atom stereocenters. The van der Waals surface area contributed by atoms with Crippen LogP contribution in [0, 0.1) is 0 Å². The Balaban J connectivity index is 3.86. The number of thioether (sulfide) groups is 1. The molecule has 0 aromatic carbocycles. The van der Waals surface area contributed by atoms with Gasteiger partial charge in [-0.25, -0.2) is 0 Å². The summed E-state index contributed by atoms with van der Waals surface area (Å²) in [4.78, 5) is 21.1. The van der Waals surface area contributed by atoms with E-state index in [0.29, 0.717) is 18.8 Å². The third kappa shape index (κ3) is 7.53. The Labute approximate surface area is 99.7 Å². The molecule has 6 heteroatoms. The summed E-state index contributed by atoms with van der Waals surface area (Å²) < 4.78 is 4.68. The van der Waals surface area contributed by atoms with Crippen molar-refractivity contribution >= 4 is 23.7 Å². The van der Waals surface area contributed by atoms with E-state index in [-0.39, 0.29) is 10.7 Å². The molecule has 5 nitrogen and oxygen atoms in total. The van der Waals surface area contributed by atoms with E-state index >= 15 is 0 Å². The van der Waals surface area contributed by atoms with Crippen molar-refractivity contribution in [3.63, 3.8) is 0 Å². The fraction of sp³-hybridized carbons (Fsp3) is 0.800. The van der Waals surface area contributed by atoms with Gasteiger partial charge in [-0.3, -0.25) is 9.59 Å². The van der Waals surface area contributed by atoms with Crippen LogP contribution in [0.2, 0.25) is 0 Å². The first kappa shape index (κ1) is 15.2. The molecule has 0 spiro atoms. The molecule has 0 aliphatic heterocycles. The van der Waals surface area contributed by atoms with E-state index in [2.05, 4.69) is 0 Å². The van der Waals surface area contributed by atoms with E-state index < -0.39 is 12.0 Å². The summed E-state index contributed by atoms with van der Waals surface area (Å²) in [5, 5.41) is 8.62. The van der Waals surface area contributed by atoms with E-state index in [9.17, 15) is 9.59 Å². The van der Waals surface area contributed by atoms with Gasteiger partial charge in [0.2, 0.25) is 0 Å². The zero-order chi connectivity index (χ0) is 12.8. The highest BCUT2D eigenvalue weighted by molar-refractivity contribution is 8.00. The summed E-state index contributed by atoms with van der Waals surface area (Å²) in [6, 6.07) is -0.849. The van der Waals surface area contributed by atoms with E-state index in [4.69, 9.17) is 15.6 Å². The van der Waals surface area contributed by atoms with E-state index in [1.165, 1.54) is 18.7 Å². The van der Waals surface area contributed by atoms with Crippen molar-refractivity contribution in [2.24, 2.45) is 5.73 Å². The number of ether oxygens (including phenoxy) is 1. The van der Waals surface area contributed by atoms with Gasteiger partial charge in [-0.1, -0.05) is 13.8 Å². The molecular formula is C10H19NO4S. The van der Waals surface area contributed by atoms with Crippen LogP contribution < -0.4 is 5.73 Å². The predicted octanol–water partition coefficient (Wildman–Crippen LogP) is 0.863. The average Bonchev–Trinajstić information content (AvgIpc) is 2.13. The first-order valence-electron chi connectivity index (χ1n) is 5.00. The normalized spacial score (nSPS) is 13.2. The predicted molar refractivity (Wildman–Crippen MR) is 63.4 cm³/mol. The van der Waals surface area contributed by atoms with Crippen LogP contribution in [0.25, 0.3) is 0 Å². The molecule has 0 unspecified atom stereocenters. The number of carbonyl (C=O) groups is 2. The highest BCUT2D eigenvalue weighted by Crippen LogP contribution is 2.28. The first-order valence-corrected chi connectivity index (χ1v) is 5.99. The Hall–Kier alpha value is -0.750. The van der Waals surface area contributed by atoms with Crippen LogP contribution in [-0.2, 0) is 14.3 Å². The van der Waals surface area contributed by atoms with E-state index in [0.717, 1.165) is 0 Å². The second-order valence-corrected chi connectivity index (χ2v) is 5.83. The summed E-state index contributed by atoms with van der Waals surface area (Å²) in [7, 11) is 0. The molecule has 0 saturated carbocycles. The summed E-state index contributed by atoms with van der Waals surface area (Å²) in [6.07, 6.45) is 0.670. The minimum Gasteiger partial charge on any atom is -0.480 e. The number of hydrogen-bond acceptors (Lipinski definition) is 5. The van der Waals surface area contributed by atoms with Crippen LogP contribution in [0.1, 0.15) is 27.2 Å². The highest BCUT2D eigenvalue weighted by atomic mass is 32.2. The lowest BCUT2D eigenvalue weighted by Gasteiger charge is -2.24. The molecule has 3 N–H and O–H groups in total. The Morgan fingerprint density at radius 3 is 2.50 bits per heavy atom. The highest BCUT2D eigenvalue weighted by Gasteiger charge is 2.22. The Bertz CT molecular complexity index is 255. The van der Waals surface area contributed by atoms with Crippen molar-refractivity contribution in [3.8, 4) is 0 Å². The molecule has 0 aliphatic carbocycles. The van der Waals surface area contributed by atoms with Crippen LogP contribution in [0.15, 0.2) is 0 Å². The van der Waals surface area contributed by atoms with Crippen LogP contribution in [0.4, 0.5) is 0 Å². The number of carboxylic acid groups (broad SMARTS) is 1. The molecule has 0 fully saturated rings. The van der Waals surface area contributed by atoms with Gasteiger partial charge in [0.15, 0.2) is 0 Å². The van der Waals surface area contributed by atoms with Gasteiger partial charge in [0.1, 0.15) is 6.04 Å². The molecule has 0 rings (SSSR count). The van der Waals surface area contributed by atoms with Crippen LogP contribution in [-0.4, -0.2) is 40.2 Å². The zero-order valence-corrected chi connectivity index (χ0v) is 10.7. The summed E-state index contributed by atoms with van der Waals surface area (Å²) in [5.41, 5.74) is 5.39. The maximum absolute atomic E-state index is 10.6. The number of carboxylic acids is 1. The van der Waals surface area contributed by atoms with Crippen molar-refractivity contribution in [1.82, 2.24) is 0 Å². The Kier molecular flexibility index (Phi) is 6.43. The number of carbonyl (C=O) groups excluding carboxylic acids is 1. The van der Waals surface area contributed by atoms with Gasteiger partial charge in [-0.05, 0) is 6.42 Å². The second kappa shape index (κ2) is 6.75. The van der Waals surface area contributed by atoms with Crippen molar-refractivity contribution in [2.75, 3.05) is 12.4 Å². The molecule has 16 heavy (non-hydrogen) atoms. The Morgan fingerprint density at radius 1 is 1.50 bits per heavy atom. The summed E-state index contributed by atoms with van der Waals surface area (Å²) in [5.74, 6) is -0.950. The van der Waals surface area contributed by atoms with Gasteiger partial charge < -0.3 is 15.6 Å². The van der Waals surface area contributed by atoms with Crippen LogP contribution in [0.5, 0.6) is 0 Å². The number of rotatable bonds is 7. The first-order chi connectivity index (χ1) is 7.24. The van der Waals surface area contributed by atoms with Gasteiger partial charge in [0.25, 0.3) is 0 Å². The lowest BCUT2D eigenvalue weighted by molar-refractivity contribution is -0.141. The van der Waals surface area contributed by atoms with Crippen molar-refractivity contribution in [3.05, 3.63) is 0 Å². The molecular weight excluding hydrogens is 230 g/mol. The molecule has 94 valence electrons. The zero-order valence-electron chi connectivity index (χ0n) is 9.86. The fourth-order valence-corrected chi connectivity index (χ4v) is 1.90. The fourth-order valence-electron chi connectivity index (χ4n) is 0.899. The lowest BCUT2D eigenvalue weighted by atomic mass is 10.1. The van der Waals surface area contributed by atoms with Crippen molar-refractivity contribution in [1.29, 1.82) is 0 Å². The van der Waals surface area contributed by atoms with Gasteiger partial charge in [0, 0.05) is 17.4 Å². The molecule has 0 aliphatic rings. The molecule has 0 saturated heterocycles. The van der Waals surface area contributed by atoms with Gasteiger partial charge in [-0.15, -0.1) is 0 Å². The number of aliphatic carboxylic acids is 1. The third-order valence-electron chi connectivity index (χ3n) is 1.98. The molecule has 0 radical (unpaired) electrons. The SMILES string of the molecule is CC(=O)OCCC(C)(C)SC[C@H](N)C(=O)O. The number of esters is 1. The average molecular weight is 249 g/mol. The quantitative estimate of drug-likeness (QED) is 0.650. The second-order valence-electron chi connectivity index (χ2n) is 4.11. The minimum atomic E-state index is -0.997. The monoisotopic (exact) mass is 249 g/mol. The molecule has 0 amide bonds. The number of hydrogen-bond donors (Lipinski definition) is 2. The Morgan fingerprint density at radius 2 is 2.06 bits per heavy atom. The minimum absolute atomic E-state index is 0.150. The van der Waals surface area contributed by atoms with Gasteiger partial charge in [-0.2, -0.15) is 11.8 Å². The van der Waals surface area contributed by atoms with Crippen LogP contribution in [0.3, 0.4) is 0 Å². The van der Waals surface area contributed by atoms with Gasteiger partial charge in [0.05, 0.1) is 6.61 Å². The maximum atomic E-state index is 10.6. The maximum Gasteiger partial charge on any atom is 0.321 e. The molecule has 0 aromatic rings. The van der Waals surface area contributed by atoms with Gasteiger partial charge >= 0.3 is 11.9 Å². The largest absolute Gasteiger partial charge is 0.480 e. The van der Waals surface area contributed by atoms with Crippen molar-refractivity contribution in [2.45, 2.75) is 38.0 Å². The smallest absolute Gasteiger partial charge is 0.321 e. The molecule has 0 heterocycles. The molecule has 0 bridgehead atoms. The van der Waals surface area contributed by atoms with E-state index in [1.54, 1.807) is 0 Å². The summed E-state index contributed by atoms with van der Waals surface area (Å²) in [6.45, 7) is 5.64. The van der Waals surface area contributed by atoms with Crippen LogP contribution >= 0.6 is 11.8 Å². The summed E-state index contributed by atoms with van der Waals surface area (Å²) >= 11 is 1.47. The van der Waals surface area contributed by atoms with E-state index in [1.807, 2.05) is 13.8 Å². The topological polar surface area (TPSA) is 89.6 Å².